The molecule has 0 bridgehead atoms. The van der Waals surface area contributed by atoms with Crippen molar-refractivity contribution in [2.75, 3.05) is 0 Å². The number of ether oxygens (including phenoxy) is 1. The molecule has 2 aromatic rings. The maximum Gasteiger partial charge on any atom is 0.249 e. The van der Waals surface area contributed by atoms with E-state index in [0.717, 1.165) is 29.9 Å². The standard InChI is InChI=1S/C19H21NO3/c1-2-19(18(21)20-22)11-10-14-12-17(9-8-15(14)13-19)23-16-6-4-3-5-7-16/h3-9,12,22H,2,10-11,13H2,1H3,(H,20,21). The van der Waals surface area contributed by atoms with Crippen molar-refractivity contribution in [2.45, 2.75) is 32.6 Å². The van der Waals surface area contributed by atoms with Crippen LogP contribution in [0.4, 0.5) is 0 Å². The second-order valence-corrected chi connectivity index (χ2v) is 6.10. The van der Waals surface area contributed by atoms with Crippen LogP contribution >= 0.6 is 0 Å². The summed E-state index contributed by atoms with van der Waals surface area (Å²) < 4.78 is 5.87. The third-order valence-corrected chi connectivity index (χ3v) is 4.82. The van der Waals surface area contributed by atoms with E-state index < -0.39 is 5.41 Å². The zero-order valence-electron chi connectivity index (χ0n) is 13.2. The third-order valence-electron chi connectivity index (χ3n) is 4.82. The van der Waals surface area contributed by atoms with Crippen molar-refractivity contribution in [2.24, 2.45) is 5.41 Å². The van der Waals surface area contributed by atoms with E-state index in [1.165, 1.54) is 5.56 Å². The fraction of sp³-hybridized carbons (Fsp3) is 0.316. The number of nitrogens with one attached hydrogen (secondary N) is 1. The second-order valence-electron chi connectivity index (χ2n) is 6.10. The van der Waals surface area contributed by atoms with Gasteiger partial charge >= 0.3 is 0 Å². The van der Waals surface area contributed by atoms with Gasteiger partial charge in [-0.15, -0.1) is 0 Å². The molecule has 0 spiro atoms. The van der Waals surface area contributed by atoms with Crippen molar-refractivity contribution in [3.63, 3.8) is 0 Å². The van der Waals surface area contributed by atoms with Crippen LogP contribution in [0.25, 0.3) is 0 Å². The number of hydroxylamine groups is 1. The molecule has 120 valence electrons. The first-order valence-electron chi connectivity index (χ1n) is 7.96. The van der Waals surface area contributed by atoms with Crippen LogP contribution in [-0.2, 0) is 17.6 Å². The summed E-state index contributed by atoms with van der Waals surface area (Å²) in [5.74, 6) is 1.34. The molecule has 1 unspecified atom stereocenters. The highest BCUT2D eigenvalue weighted by Crippen LogP contribution is 2.40. The Hall–Kier alpha value is -2.33. The van der Waals surface area contributed by atoms with Gasteiger partial charge in [0.25, 0.3) is 0 Å². The number of benzene rings is 2. The molecule has 23 heavy (non-hydrogen) atoms. The van der Waals surface area contributed by atoms with Crippen LogP contribution in [0.15, 0.2) is 48.5 Å². The molecule has 0 saturated heterocycles. The number of amides is 1. The minimum absolute atomic E-state index is 0.282. The lowest BCUT2D eigenvalue weighted by atomic mass is 9.69. The van der Waals surface area contributed by atoms with E-state index in [1.54, 1.807) is 0 Å². The van der Waals surface area contributed by atoms with Crippen LogP contribution in [0, 0.1) is 5.41 Å². The van der Waals surface area contributed by atoms with E-state index in [9.17, 15) is 4.79 Å². The molecule has 2 aromatic carbocycles. The van der Waals surface area contributed by atoms with Crippen LogP contribution in [0.2, 0.25) is 0 Å². The van der Waals surface area contributed by atoms with Gasteiger partial charge in [0.05, 0.1) is 5.41 Å². The van der Waals surface area contributed by atoms with Crippen molar-refractivity contribution in [3.05, 3.63) is 59.7 Å². The van der Waals surface area contributed by atoms with Gasteiger partial charge in [-0.1, -0.05) is 31.2 Å². The van der Waals surface area contributed by atoms with Gasteiger partial charge in [0.1, 0.15) is 11.5 Å². The maximum absolute atomic E-state index is 12.1. The van der Waals surface area contributed by atoms with Gasteiger partial charge in [-0.05, 0) is 61.1 Å². The van der Waals surface area contributed by atoms with E-state index >= 15 is 0 Å². The van der Waals surface area contributed by atoms with Crippen molar-refractivity contribution in [1.82, 2.24) is 5.48 Å². The smallest absolute Gasteiger partial charge is 0.249 e. The van der Waals surface area contributed by atoms with Gasteiger partial charge in [0, 0.05) is 0 Å². The minimum Gasteiger partial charge on any atom is -0.457 e. The highest BCUT2D eigenvalue weighted by molar-refractivity contribution is 5.82. The van der Waals surface area contributed by atoms with Gasteiger partial charge in [-0.2, -0.15) is 0 Å². The average Bonchev–Trinajstić information content (AvgIpc) is 2.61. The van der Waals surface area contributed by atoms with E-state index in [4.69, 9.17) is 9.94 Å². The first-order chi connectivity index (χ1) is 11.2. The maximum atomic E-state index is 12.1. The van der Waals surface area contributed by atoms with Gasteiger partial charge in [0.15, 0.2) is 0 Å². The quantitative estimate of drug-likeness (QED) is 0.665. The Bertz CT molecular complexity index is 699. The zero-order chi connectivity index (χ0) is 16.3. The van der Waals surface area contributed by atoms with Crippen LogP contribution in [0.1, 0.15) is 30.9 Å². The predicted octanol–water partition coefficient (Wildman–Crippen LogP) is 3.87. The molecule has 1 amide bonds. The largest absolute Gasteiger partial charge is 0.457 e. The number of rotatable bonds is 4. The van der Waals surface area contributed by atoms with Gasteiger partial charge in [0.2, 0.25) is 5.91 Å². The highest BCUT2D eigenvalue weighted by atomic mass is 16.5. The lowest BCUT2D eigenvalue weighted by Crippen LogP contribution is -2.43. The predicted molar refractivity (Wildman–Crippen MR) is 87.6 cm³/mol. The topological polar surface area (TPSA) is 58.6 Å². The minimum atomic E-state index is -0.510. The van der Waals surface area contributed by atoms with Crippen molar-refractivity contribution < 1.29 is 14.7 Å². The SMILES string of the molecule is CCC1(C(=O)NO)CCc2cc(Oc3ccccc3)ccc2C1. The molecule has 4 heteroatoms. The van der Waals surface area contributed by atoms with Gasteiger partial charge in [-0.25, -0.2) is 5.48 Å². The first-order valence-corrected chi connectivity index (χ1v) is 7.96. The lowest BCUT2D eigenvalue weighted by molar-refractivity contribution is -0.140. The molecule has 1 aliphatic rings. The van der Waals surface area contributed by atoms with Crippen LogP contribution in [0.5, 0.6) is 11.5 Å². The summed E-state index contributed by atoms with van der Waals surface area (Å²) in [6.45, 7) is 1.99. The number of carbonyl (C=O) groups excluding carboxylic acids is 1. The summed E-state index contributed by atoms with van der Waals surface area (Å²) in [5.41, 5.74) is 3.70. The Kier molecular flexibility index (Phi) is 4.35. The molecule has 0 radical (unpaired) electrons. The van der Waals surface area contributed by atoms with Crippen molar-refractivity contribution in [3.8, 4) is 11.5 Å². The Labute approximate surface area is 136 Å². The summed E-state index contributed by atoms with van der Waals surface area (Å²) in [4.78, 5) is 12.1. The molecule has 1 atom stereocenters. The molecule has 3 rings (SSSR count). The summed E-state index contributed by atoms with van der Waals surface area (Å²) >= 11 is 0. The Morgan fingerprint density at radius 1 is 1.17 bits per heavy atom. The average molecular weight is 311 g/mol. The van der Waals surface area contributed by atoms with Crippen LogP contribution < -0.4 is 10.2 Å². The number of carbonyl (C=O) groups is 1. The highest BCUT2D eigenvalue weighted by Gasteiger charge is 2.39. The summed E-state index contributed by atoms with van der Waals surface area (Å²) in [6, 6.07) is 15.7. The summed E-state index contributed by atoms with van der Waals surface area (Å²) in [5, 5.41) is 9.02. The Morgan fingerprint density at radius 3 is 2.65 bits per heavy atom. The van der Waals surface area contributed by atoms with Gasteiger partial charge < -0.3 is 4.74 Å². The van der Waals surface area contributed by atoms with Crippen LogP contribution in [-0.4, -0.2) is 11.1 Å². The summed E-state index contributed by atoms with van der Waals surface area (Å²) in [6.07, 6.45) is 2.90. The number of hydrogen-bond donors (Lipinski definition) is 2. The first kappa shape index (κ1) is 15.6. The fourth-order valence-electron chi connectivity index (χ4n) is 3.30. The molecule has 0 fully saturated rings. The fourth-order valence-corrected chi connectivity index (χ4v) is 3.30. The number of para-hydroxylation sites is 1. The normalized spacial score (nSPS) is 19.7. The van der Waals surface area contributed by atoms with E-state index in [-0.39, 0.29) is 5.91 Å². The number of fused-ring (bicyclic) bond motifs is 1. The molecule has 2 N–H and O–H groups in total. The van der Waals surface area contributed by atoms with Crippen LogP contribution in [0.3, 0.4) is 0 Å². The Morgan fingerprint density at radius 2 is 1.96 bits per heavy atom. The second kappa shape index (κ2) is 6.42. The molecule has 0 aromatic heterocycles. The van der Waals surface area contributed by atoms with Gasteiger partial charge in [-0.3, -0.25) is 10.0 Å². The monoisotopic (exact) mass is 311 g/mol. The zero-order valence-corrected chi connectivity index (χ0v) is 13.2. The molecule has 4 nitrogen and oxygen atoms in total. The van der Waals surface area contributed by atoms with Crippen molar-refractivity contribution >= 4 is 5.91 Å². The molecule has 1 aliphatic carbocycles. The molecular formula is C19H21NO3. The molecule has 0 saturated carbocycles. The summed E-state index contributed by atoms with van der Waals surface area (Å²) in [7, 11) is 0. The third kappa shape index (κ3) is 3.08. The molecular weight excluding hydrogens is 290 g/mol. The van der Waals surface area contributed by atoms with E-state index in [0.29, 0.717) is 12.8 Å². The van der Waals surface area contributed by atoms with E-state index in [2.05, 4.69) is 6.07 Å². The number of hydrogen-bond acceptors (Lipinski definition) is 3. The van der Waals surface area contributed by atoms with Crippen molar-refractivity contribution in [1.29, 1.82) is 0 Å². The lowest BCUT2D eigenvalue weighted by Gasteiger charge is -2.35. The van der Waals surface area contributed by atoms with E-state index in [1.807, 2.05) is 54.9 Å². The molecule has 0 aliphatic heterocycles. The molecule has 0 heterocycles. The number of aryl methyl sites for hydroxylation is 1. The Balaban J connectivity index is 1.82.